The second kappa shape index (κ2) is 3.73. The van der Waals surface area contributed by atoms with Crippen LogP contribution in [0.15, 0.2) is 29.2 Å². The van der Waals surface area contributed by atoms with Crippen LogP contribution in [0.4, 0.5) is 0 Å². The molecule has 2 rings (SSSR count). The lowest BCUT2D eigenvalue weighted by molar-refractivity contribution is 0.872. The highest BCUT2D eigenvalue weighted by atomic mass is 16.1. The van der Waals surface area contributed by atoms with E-state index in [0.717, 1.165) is 17.4 Å². The van der Waals surface area contributed by atoms with E-state index in [1.807, 2.05) is 25.1 Å². The van der Waals surface area contributed by atoms with Crippen LogP contribution in [0, 0.1) is 0 Å². The van der Waals surface area contributed by atoms with Gasteiger partial charge in [-0.25, -0.2) is 9.66 Å². The van der Waals surface area contributed by atoms with E-state index < -0.39 is 0 Å². The van der Waals surface area contributed by atoms with Crippen molar-refractivity contribution in [3.63, 3.8) is 0 Å². The summed E-state index contributed by atoms with van der Waals surface area (Å²) in [5.41, 5.74) is 4.30. The Bertz CT molecular complexity index is 545. The number of aromatic nitrogens is 2. The Kier molecular flexibility index (Phi) is 2.41. The lowest BCUT2D eigenvalue weighted by Crippen LogP contribution is -2.29. The fourth-order valence-corrected chi connectivity index (χ4v) is 1.66. The zero-order valence-electron chi connectivity index (χ0n) is 8.82. The quantitative estimate of drug-likeness (QED) is 0.796. The van der Waals surface area contributed by atoms with Crippen molar-refractivity contribution in [3.05, 3.63) is 40.3 Å². The lowest BCUT2D eigenvalue weighted by atomic mass is 10.2. The minimum Gasteiger partial charge on any atom is -0.324 e. The van der Waals surface area contributed by atoms with Gasteiger partial charge in [-0.05, 0) is 24.6 Å². The number of nitrogens with one attached hydrogen (secondary N) is 1. The Morgan fingerprint density at radius 1 is 1.53 bits per heavy atom. The average molecular weight is 203 g/mol. The standard InChI is InChI=1S/C11H13N3O/c1-3-8-7-9-5-4-6-13-10(9)14(12-2)11(8)15/h4-7,12H,3H2,1-2H3. The molecular formula is C11H13N3O. The predicted molar refractivity (Wildman–Crippen MR) is 60.7 cm³/mol. The third-order valence-electron chi connectivity index (χ3n) is 2.44. The van der Waals surface area contributed by atoms with Gasteiger partial charge < -0.3 is 5.43 Å². The van der Waals surface area contributed by atoms with Crippen molar-refractivity contribution in [2.75, 3.05) is 12.5 Å². The first-order chi connectivity index (χ1) is 7.27. The molecule has 0 radical (unpaired) electrons. The summed E-state index contributed by atoms with van der Waals surface area (Å²) in [6.45, 7) is 1.97. The molecule has 4 heteroatoms. The Labute approximate surface area is 87.5 Å². The molecule has 0 atom stereocenters. The van der Waals surface area contributed by atoms with Gasteiger partial charge in [-0.15, -0.1) is 0 Å². The van der Waals surface area contributed by atoms with Crippen LogP contribution in [0.25, 0.3) is 11.0 Å². The Hall–Kier alpha value is -1.84. The van der Waals surface area contributed by atoms with Gasteiger partial charge in [0.2, 0.25) is 0 Å². The van der Waals surface area contributed by atoms with E-state index in [0.29, 0.717) is 5.65 Å². The minimum atomic E-state index is -0.0220. The van der Waals surface area contributed by atoms with Crippen LogP contribution in [0.5, 0.6) is 0 Å². The van der Waals surface area contributed by atoms with Gasteiger partial charge >= 0.3 is 0 Å². The van der Waals surface area contributed by atoms with E-state index in [2.05, 4.69) is 10.4 Å². The fraction of sp³-hybridized carbons (Fsp3) is 0.273. The van der Waals surface area contributed by atoms with Gasteiger partial charge in [0, 0.05) is 24.2 Å². The van der Waals surface area contributed by atoms with Gasteiger partial charge in [0.1, 0.15) is 0 Å². The highest BCUT2D eigenvalue weighted by Gasteiger charge is 2.06. The van der Waals surface area contributed by atoms with Crippen molar-refractivity contribution in [2.45, 2.75) is 13.3 Å². The molecule has 0 bridgehead atoms. The summed E-state index contributed by atoms with van der Waals surface area (Å²) >= 11 is 0. The van der Waals surface area contributed by atoms with Crippen LogP contribution in [0.1, 0.15) is 12.5 Å². The van der Waals surface area contributed by atoms with Crippen molar-refractivity contribution < 1.29 is 0 Å². The molecule has 0 spiro atoms. The molecule has 2 aromatic heterocycles. The fourth-order valence-electron chi connectivity index (χ4n) is 1.66. The molecule has 15 heavy (non-hydrogen) atoms. The maximum absolute atomic E-state index is 11.9. The highest BCUT2D eigenvalue weighted by molar-refractivity contribution is 5.75. The molecule has 2 aromatic rings. The minimum absolute atomic E-state index is 0.0220. The molecule has 0 saturated heterocycles. The largest absolute Gasteiger partial charge is 0.324 e. The van der Waals surface area contributed by atoms with Crippen molar-refractivity contribution in [1.29, 1.82) is 0 Å². The number of pyridine rings is 2. The molecule has 0 aromatic carbocycles. The summed E-state index contributed by atoms with van der Waals surface area (Å²) in [5.74, 6) is 0. The SMILES string of the molecule is CCc1cc2cccnc2n(NC)c1=O. The Morgan fingerprint density at radius 2 is 2.33 bits per heavy atom. The molecular weight excluding hydrogens is 190 g/mol. The van der Waals surface area contributed by atoms with Crippen LogP contribution in [0.3, 0.4) is 0 Å². The van der Waals surface area contributed by atoms with Gasteiger partial charge in [0.05, 0.1) is 0 Å². The molecule has 0 amide bonds. The summed E-state index contributed by atoms with van der Waals surface area (Å²) < 4.78 is 1.48. The highest BCUT2D eigenvalue weighted by Crippen LogP contribution is 2.09. The molecule has 0 unspecified atom stereocenters. The molecule has 0 aliphatic rings. The zero-order chi connectivity index (χ0) is 10.8. The van der Waals surface area contributed by atoms with Crippen LogP contribution >= 0.6 is 0 Å². The summed E-state index contributed by atoms with van der Waals surface area (Å²) in [7, 11) is 1.72. The number of nitrogens with zero attached hydrogens (tertiary/aromatic N) is 2. The second-order valence-electron chi connectivity index (χ2n) is 3.30. The monoisotopic (exact) mass is 203 g/mol. The number of hydrogen-bond donors (Lipinski definition) is 1. The van der Waals surface area contributed by atoms with E-state index in [9.17, 15) is 4.79 Å². The summed E-state index contributed by atoms with van der Waals surface area (Å²) in [4.78, 5) is 16.1. The van der Waals surface area contributed by atoms with Gasteiger partial charge in [-0.1, -0.05) is 6.92 Å². The Morgan fingerprint density at radius 3 is 3.00 bits per heavy atom. The molecule has 0 aliphatic carbocycles. The number of aryl methyl sites for hydroxylation is 1. The van der Waals surface area contributed by atoms with E-state index >= 15 is 0 Å². The molecule has 78 valence electrons. The first-order valence-corrected chi connectivity index (χ1v) is 4.95. The molecule has 2 heterocycles. The van der Waals surface area contributed by atoms with E-state index in [1.165, 1.54) is 4.68 Å². The number of fused-ring (bicyclic) bond motifs is 1. The van der Waals surface area contributed by atoms with Gasteiger partial charge in [0.15, 0.2) is 5.65 Å². The molecule has 4 nitrogen and oxygen atoms in total. The van der Waals surface area contributed by atoms with Gasteiger partial charge in [0.25, 0.3) is 5.56 Å². The third-order valence-corrected chi connectivity index (χ3v) is 2.44. The number of hydrogen-bond acceptors (Lipinski definition) is 3. The summed E-state index contributed by atoms with van der Waals surface area (Å²) in [6, 6.07) is 5.72. The van der Waals surface area contributed by atoms with Crippen LogP contribution in [-0.4, -0.2) is 16.7 Å². The molecule has 0 aliphatic heterocycles. The predicted octanol–water partition coefficient (Wildman–Crippen LogP) is 1.13. The van der Waals surface area contributed by atoms with Crippen LogP contribution in [0.2, 0.25) is 0 Å². The maximum atomic E-state index is 11.9. The van der Waals surface area contributed by atoms with Crippen molar-refractivity contribution in [2.24, 2.45) is 0 Å². The summed E-state index contributed by atoms with van der Waals surface area (Å²) in [5, 5.41) is 0.975. The number of rotatable bonds is 2. The van der Waals surface area contributed by atoms with Crippen LogP contribution < -0.4 is 11.0 Å². The normalized spacial score (nSPS) is 10.5. The lowest BCUT2D eigenvalue weighted by Gasteiger charge is -2.09. The average Bonchev–Trinajstić information content (AvgIpc) is 2.28. The first-order valence-electron chi connectivity index (χ1n) is 4.95. The van der Waals surface area contributed by atoms with E-state index in [4.69, 9.17) is 0 Å². The second-order valence-corrected chi connectivity index (χ2v) is 3.30. The third kappa shape index (κ3) is 1.48. The molecule has 0 saturated carbocycles. The van der Waals surface area contributed by atoms with E-state index in [-0.39, 0.29) is 5.56 Å². The Balaban J connectivity index is 2.90. The van der Waals surface area contributed by atoms with Crippen LogP contribution in [-0.2, 0) is 6.42 Å². The van der Waals surface area contributed by atoms with Crippen molar-refractivity contribution in [3.8, 4) is 0 Å². The summed E-state index contributed by atoms with van der Waals surface area (Å²) in [6.07, 6.45) is 2.41. The van der Waals surface area contributed by atoms with Gasteiger partial charge in [-0.3, -0.25) is 4.79 Å². The first kappa shape index (κ1) is 9.71. The maximum Gasteiger partial charge on any atom is 0.273 e. The zero-order valence-corrected chi connectivity index (χ0v) is 8.82. The van der Waals surface area contributed by atoms with Gasteiger partial charge in [-0.2, -0.15) is 0 Å². The van der Waals surface area contributed by atoms with Crippen molar-refractivity contribution >= 4 is 11.0 Å². The topological polar surface area (TPSA) is 46.9 Å². The van der Waals surface area contributed by atoms with Crippen molar-refractivity contribution in [1.82, 2.24) is 9.66 Å². The molecule has 1 N–H and O–H groups in total. The van der Waals surface area contributed by atoms with E-state index in [1.54, 1.807) is 13.2 Å². The smallest absolute Gasteiger partial charge is 0.273 e. The molecule has 0 fully saturated rings.